The Morgan fingerprint density at radius 2 is 1.67 bits per heavy atom. The normalized spacial score (nSPS) is 13.5. The van der Waals surface area contributed by atoms with Crippen LogP contribution in [0.3, 0.4) is 0 Å². The molecule has 33 heavy (non-hydrogen) atoms. The van der Waals surface area contributed by atoms with Gasteiger partial charge in [-0.25, -0.2) is 0 Å². The lowest BCUT2D eigenvalue weighted by Crippen LogP contribution is -2.52. The van der Waals surface area contributed by atoms with Gasteiger partial charge in [-0.3, -0.25) is 19.2 Å². The van der Waals surface area contributed by atoms with E-state index in [1.54, 1.807) is 6.92 Å². The van der Waals surface area contributed by atoms with Gasteiger partial charge in [0.05, 0.1) is 19.6 Å². The maximum atomic E-state index is 13.1. The lowest BCUT2D eigenvalue weighted by Gasteiger charge is -2.27. The molecule has 0 aliphatic carbocycles. The first-order valence-corrected chi connectivity index (χ1v) is 12.2. The summed E-state index contributed by atoms with van der Waals surface area (Å²) < 4.78 is 9.99. The van der Waals surface area contributed by atoms with E-state index in [0.717, 1.165) is 17.7 Å². The van der Waals surface area contributed by atoms with Crippen molar-refractivity contribution in [2.75, 3.05) is 12.9 Å². The lowest BCUT2D eigenvalue weighted by molar-refractivity contribution is -0.144. The summed E-state index contributed by atoms with van der Waals surface area (Å²) in [4.78, 5) is 48.4. The largest absolute Gasteiger partial charge is 0.469 e. The zero-order valence-electron chi connectivity index (χ0n) is 20.1. The van der Waals surface area contributed by atoms with Gasteiger partial charge in [-0.2, -0.15) is 0 Å². The topological polar surface area (TPSA) is 111 Å². The number of esters is 2. The number of carbonyl (C=O) groups excluding carboxylic acids is 4. The Balaban J connectivity index is 2.86. The van der Waals surface area contributed by atoms with Gasteiger partial charge >= 0.3 is 11.9 Å². The minimum atomic E-state index is -0.848. The molecule has 0 spiro atoms. The van der Waals surface area contributed by atoms with Crippen LogP contribution in [0.15, 0.2) is 30.3 Å². The van der Waals surface area contributed by atoms with Crippen LogP contribution in [0.2, 0.25) is 0 Å². The van der Waals surface area contributed by atoms with Crippen molar-refractivity contribution in [3.63, 3.8) is 0 Å². The molecule has 184 valence electrons. The summed E-state index contributed by atoms with van der Waals surface area (Å²) in [6.07, 6.45) is 1.08. The molecular weight excluding hydrogens is 444 g/mol. The van der Waals surface area contributed by atoms with Gasteiger partial charge in [0.2, 0.25) is 11.8 Å². The Hall–Kier alpha value is -2.55. The highest BCUT2D eigenvalue weighted by Crippen LogP contribution is 2.20. The number of carbonyl (C=O) groups is 4. The summed E-state index contributed by atoms with van der Waals surface area (Å²) in [6.45, 7) is 7.34. The van der Waals surface area contributed by atoms with Crippen LogP contribution in [0.4, 0.5) is 0 Å². The number of nitrogens with one attached hydrogen (secondary N) is 2. The third kappa shape index (κ3) is 12.3. The number of methoxy groups -OCH3 is 1. The number of thioether (sulfide) groups is 1. The molecule has 1 rings (SSSR count). The maximum absolute atomic E-state index is 13.1. The van der Waals surface area contributed by atoms with Crippen LogP contribution in [-0.2, 0) is 35.1 Å². The summed E-state index contributed by atoms with van der Waals surface area (Å²) in [5, 5.41) is 5.60. The SMILES string of the molecule is COC(=O)CCC(=O)N[C@@H](Cc1ccccc1)C(=O)N[C@@H](C)C(OC(C)=O)SCCC(C)C. The summed E-state index contributed by atoms with van der Waals surface area (Å²) in [7, 11) is 1.26. The van der Waals surface area contributed by atoms with E-state index < -0.39 is 35.4 Å². The van der Waals surface area contributed by atoms with Gasteiger partial charge in [0.15, 0.2) is 5.44 Å². The Morgan fingerprint density at radius 3 is 2.24 bits per heavy atom. The second-order valence-corrected chi connectivity index (χ2v) is 9.42. The van der Waals surface area contributed by atoms with E-state index in [1.165, 1.54) is 25.8 Å². The monoisotopic (exact) mass is 480 g/mol. The standard InChI is InChI=1S/C24H36N2O6S/c1-16(2)13-14-33-24(32-18(4)27)17(3)25-23(30)20(15-19-9-7-6-8-10-19)26-21(28)11-12-22(29)31-5/h6-10,16-17,20,24H,11-15H2,1-5H3,(H,25,30)(H,26,28)/t17-,20-,24?/m0/s1. The zero-order chi connectivity index (χ0) is 24.8. The van der Waals surface area contributed by atoms with Crippen LogP contribution < -0.4 is 10.6 Å². The summed E-state index contributed by atoms with van der Waals surface area (Å²) >= 11 is 1.48. The molecule has 2 N–H and O–H groups in total. The second kappa shape index (κ2) is 15.3. The van der Waals surface area contributed by atoms with Crippen molar-refractivity contribution >= 4 is 35.5 Å². The van der Waals surface area contributed by atoms with E-state index in [1.807, 2.05) is 30.3 Å². The van der Waals surface area contributed by atoms with E-state index in [0.29, 0.717) is 5.92 Å². The number of ether oxygens (including phenoxy) is 2. The van der Waals surface area contributed by atoms with Gasteiger partial charge in [-0.05, 0) is 30.6 Å². The van der Waals surface area contributed by atoms with Gasteiger partial charge in [0.25, 0.3) is 0 Å². The van der Waals surface area contributed by atoms with Crippen LogP contribution in [-0.4, -0.2) is 54.1 Å². The Morgan fingerprint density at radius 1 is 1.00 bits per heavy atom. The first-order valence-electron chi connectivity index (χ1n) is 11.1. The van der Waals surface area contributed by atoms with E-state index in [9.17, 15) is 19.2 Å². The first kappa shape index (κ1) is 28.5. The molecule has 0 saturated carbocycles. The van der Waals surface area contributed by atoms with E-state index >= 15 is 0 Å². The third-order valence-electron chi connectivity index (χ3n) is 4.76. The third-order valence-corrected chi connectivity index (χ3v) is 6.06. The lowest BCUT2D eigenvalue weighted by atomic mass is 10.0. The number of amides is 2. The molecule has 1 aromatic carbocycles. The number of benzene rings is 1. The molecule has 1 unspecified atom stereocenters. The Labute approximate surface area is 200 Å². The molecule has 0 heterocycles. The van der Waals surface area contributed by atoms with Gasteiger partial charge in [-0.1, -0.05) is 44.2 Å². The summed E-state index contributed by atoms with van der Waals surface area (Å²) in [5.74, 6) is -0.434. The van der Waals surface area contributed by atoms with Crippen molar-refractivity contribution in [2.45, 2.75) is 70.9 Å². The molecule has 0 aliphatic rings. The Kier molecular flexibility index (Phi) is 13.2. The molecule has 2 amide bonds. The maximum Gasteiger partial charge on any atom is 0.306 e. The fourth-order valence-electron chi connectivity index (χ4n) is 2.90. The van der Waals surface area contributed by atoms with E-state index in [2.05, 4.69) is 29.2 Å². The molecule has 0 bridgehead atoms. The molecule has 0 aromatic heterocycles. The molecule has 0 aliphatic heterocycles. The highest BCUT2D eigenvalue weighted by molar-refractivity contribution is 7.99. The van der Waals surface area contributed by atoms with Crippen molar-refractivity contribution in [3.8, 4) is 0 Å². The molecule has 0 saturated heterocycles. The second-order valence-electron chi connectivity index (χ2n) is 8.21. The first-order chi connectivity index (χ1) is 15.6. The van der Waals surface area contributed by atoms with Crippen molar-refractivity contribution in [3.05, 3.63) is 35.9 Å². The number of hydrogen-bond acceptors (Lipinski definition) is 7. The van der Waals surface area contributed by atoms with Crippen LogP contribution in [0.25, 0.3) is 0 Å². The predicted octanol–water partition coefficient (Wildman–Crippen LogP) is 2.84. The van der Waals surface area contributed by atoms with Gasteiger partial charge < -0.3 is 20.1 Å². The van der Waals surface area contributed by atoms with E-state index in [-0.39, 0.29) is 25.2 Å². The smallest absolute Gasteiger partial charge is 0.306 e. The van der Waals surface area contributed by atoms with Crippen LogP contribution in [0.5, 0.6) is 0 Å². The molecule has 0 fully saturated rings. The van der Waals surface area contributed by atoms with Crippen LogP contribution in [0, 0.1) is 5.92 Å². The van der Waals surface area contributed by atoms with Crippen LogP contribution in [0.1, 0.15) is 52.5 Å². The molecule has 0 radical (unpaired) electrons. The highest BCUT2D eigenvalue weighted by Gasteiger charge is 2.27. The summed E-state index contributed by atoms with van der Waals surface area (Å²) in [6, 6.07) is 8.00. The minimum Gasteiger partial charge on any atom is -0.469 e. The molecular formula is C24H36N2O6S. The van der Waals surface area contributed by atoms with Gasteiger partial charge in [0, 0.05) is 19.8 Å². The van der Waals surface area contributed by atoms with Crippen LogP contribution >= 0.6 is 11.8 Å². The van der Waals surface area contributed by atoms with Crippen molar-refractivity contribution in [1.82, 2.24) is 10.6 Å². The molecule has 9 heteroatoms. The van der Waals surface area contributed by atoms with E-state index in [4.69, 9.17) is 4.74 Å². The van der Waals surface area contributed by atoms with Gasteiger partial charge in [-0.15, -0.1) is 11.8 Å². The molecule has 1 aromatic rings. The average molecular weight is 481 g/mol. The molecule has 8 nitrogen and oxygen atoms in total. The fourth-order valence-corrected chi connectivity index (χ4v) is 4.30. The van der Waals surface area contributed by atoms with Crippen molar-refractivity contribution in [2.24, 2.45) is 5.92 Å². The minimum absolute atomic E-state index is 0.0700. The van der Waals surface area contributed by atoms with Crippen molar-refractivity contribution < 1.29 is 28.7 Å². The zero-order valence-corrected chi connectivity index (χ0v) is 20.9. The van der Waals surface area contributed by atoms with Gasteiger partial charge in [0.1, 0.15) is 6.04 Å². The highest BCUT2D eigenvalue weighted by atomic mass is 32.2. The average Bonchev–Trinajstić information content (AvgIpc) is 2.76. The summed E-state index contributed by atoms with van der Waals surface area (Å²) in [5.41, 5.74) is 0.332. The number of hydrogen-bond donors (Lipinski definition) is 2. The Bertz CT molecular complexity index is 771. The van der Waals surface area contributed by atoms with Crippen molar-refractivity contribution in [1.29, 1.82) is 0 Å². The molecule has 3 atom stereocenters. The predicted molar refractivity (Wildman–Crippen MR) is 128 cm³/mol. The number of rotatable bonds is 14. The quantitative estimate of drug-likeness (QED) is 0.311. The fraction of sp³-hybridized carbons (Fsp3) is 0.583.